The highest BCUT2D eigenvalue weighted by molar-refractivity contribution is 9.10. The highest BCUT2D eigenvalue weighted by Gasteiger charge is 2.30. The van der Waals surface area contributed by atoms with Crippen LogP contribution in [0.1, 0.15) is 18.1 Å². The van der Waals surface area contributed by atoms with Crippen molar-refractivity contribution in [3.8, 4) is 0 Å². The van der Waals surface area contributed by atoms with E-state index in [0.717, 1.165) is 29.8 Å². The molecule has 130 valence electrons. The Bertz CT molecular complexity index is 733. The fraction of sp³-hybridized carbons (Fsp3) is 0.188. The molecular formula is C16H16BrClF3N3. The van der Waals surface area contributed by atoms with E-state index in [4.69, 9.17) is 5.73 Å². The number of nitrogens with one attached hydrogen (secondary N) is 1. The highest BCUT2D eigenvalue weighted by Crippen LogP contribution is 2.35. The summed E-state index contributed by atoms with van der Waals surface area (Å²) in [5.41, 5.74) is 6.97. The van der Waals surface area contributed by atoms with E-state index in [2.05, 4.69) is 26.2 Å². The van der Waals surface area contributed by atoms with E-state index in [1.54, 1.807) is 0 Å². The van der Waals surface area contributed by atoms with Crippen molar-refractivity contribution in [3.63, 3.8) is 0 Å². The number of guanidine groups is 1. The molecule has 2 aromatic carbocycles. The lowest BCUT2D eigenvalue weighted by Gasteiger charge is -2.10. The third kappa shape index (κ3) is 5.42. The van der Waals surface area contributed by atoms with Crippen molar-refractivity contribution >= 4 is 45.7 Å². The number of aliphatic imine (C=N–C) groups is 1. The SMILES string of the molecule is CCc1cccc(NC(N)=Nc2cc(C(F)(F)F)ccc2Br)c1.Cl. The molecule has 3 nitrogen and oxygen atoms in total. The van der Waals surface area contributed by atoms with Crippen LogP contribution < -0.4 is 11.1 Å². The number of halogens is 5. The molecule has 24 heavy (non-hydrogen) atoms. The largest absolute Gasteiger partial charge is 0.416 e. The molecule has 2 rings (SSSR count). The van der Waals surface area contributed by atoms with Crippen LogP contribution in [0, 0.1) is 0 Å². The Morgan fingerprint density at radius 3 is 2.54 bits per heavy atom. The number of nitrogens with two attached hydrogens (primary N) is 1. The molecule has 0 heterocycles. The monoisotopic (exact) mass is 421 g/mol. The Hall–Kier alpha value is -1.73. The Morgan fingerprint density at radius 1 is 1.21 bits per heavy atom. The minimum Gasteiger partial charge on any atom is -0.369 e. The van der Waals surface area contributed by atoms with Crippen molar-refractivity contribution in [2.24, 2.45) is 10.7 Å². The van der Waals surface area contributed by atoms with E-state index in [-0.39, 0.29) is 24.1 Å². The lowest BCUT2D eigenvalue weighted by atomic mass is 10.1. The van der Waals surface area contributed by atoms with Gasteiger partial charge in [0.2, 0.25) is 0 Å². The van der Waals surface area contributed by atoms with Crippen molar-refractivity contribution in [2.75, 3.05) is 5.32 Å². The van der Waals surface area contributed by atoms with Gasteiger partial charge in [0.15, 0.2) is 5.96 Å². The number of anilines is 1. The first-order valence-corrected chi connectivity index (χ1v) is 7.65. The van der Waals surface area contributed by atoms with E-state index in [9.17, 15) is 13.2 Å². The van der Waals surface area contributed by atoms with Gasteiger partial charge in [-0.15, -0.1) is 12.4 Å². The summed E-state index contributed by atoms with van der Waals surface area (Å²) >= 11 is 3.18. The van der Waals surface area contributed by atoms with Gasteiger partial charge in [0.05, 0.1) is 11.3 Å². The number of nitrogens with zero attached hydrogens (tertiary/aromatic N) is 1. The molecule has 0 saturated heterocycles. The molecule has 0 aliphatic carbocycles. The molecule has 0 bridgehead atoms. The molecule has 0 aromatic heterocycles. The second-order valence-corrected chi connectivity index (χ2v) is 5.69. The summed E-state index contributed by atoms with van der Waals surface area (Å²) in [6.45, 7) is 2.02. The van der Waals surface area contributed by atoms with Crippen LogP contribution in [-0.2, 0) is 12.6 Å². The van der Waals surface area contributed by atoms with Gasteiger partial charge in [-0.2, -0.15) is 13.2 Å². The summed E-state index contributed by atoms with van der Waals surface area (Å²) in [4.78, 5) is 4.02. The van der Waals surface area contributed by atoms with Crippen LogP contribution in [0.25, 0.3) is 0 Å². The minimum absolute atomic E-state index is 0. The van der Waals surface area contributed by atoms with E-state index in [1.165, 1.54) is 6.07 Å². The van der Waals surface area contributed by atoms with Crippen molar-refractivity contribution in [2.45, 2.75) is 19.5 Å². The van der Waals surface area contributed by atoms with E-state index < -0.39 is 11.7 Å². The lowest BCUT2D eigenvalue weighted by Crippen LogP contribution is -2.22. The van der Waals surface area contributed by atoms with Crippen LogP contribution in [0.3, 0.4) is 0 Å². The quantitative estimate of drug-likeness (QED) is 0.506. The Morgan fingerprint density at radius 2 is 1.92 bits per heavy atom. The van der Waals surface area contributed by atoms with Gasteiger partial charge in [0.1, 0.15) is 0 Å². The van der Waals surface area contributed by atoms with Crippen molar-refractivity contribution in [1.82, 2.24) is 0 Å². The van der Waals surface area contributed by atoms with Gasteiger partial charge in [0.25, 0.3) is 0 Å². The average molecular weight is 423 g/mol. The number of hydrogen-bond donors (Lipinski definition) is 2. The van der Waals surface area contributed by atoms with Crippen molar-refractivity contribution < 1.29 is 13.2 Å². The molecular weight excluding hydrogens is 407 g/mol. The van der Waals surface area contributed by atoms with Gasteiger partial charge in [-0.1, -0.05) is 19.1 Å². The first-order chi connectivity index (χ1) is 10.8. The number of rotatable bonds is 3. The molecule has 0 spiro atoms. The molecule has 0 radical (unpaired) electrons. The molecule has 0 fully saturated rings. The number of aryl methyl sites for hydroxylation is 1. The van der Waals surface area contributed by atoms with Gasteiger partial charge >= 0.3 is 6.18 Å². The minimum atomic E-state index is -4.43. The van der Waals surface area contributed by atoms with Gasteiger partial charge in [-0.25, -0.2) is 4.99 Å². The highest BCUT2D eigenvalue weighted by atomic mass is 79.9. The second-order valence-electron chi connectivity index (χ2n) is 4.84. The fourth-order valence-electron chi connectivity index (χ4n) is 1.95. The molecule has 0 saturated carbocycles. The van der Waals surface area contributed by atoms with Crippen molar-refractivity contribution in [1.29, 1.82) is 0 Å². The average Bonchev–Trinajstić information content (AvgIpc) is 2.48. The predicted octanol–water partition coefficient (Wildman–Crippen LogP) is 5.51. The van der Waals surface area contributed by atoms with Crippen molar-refractivity contribution in [3.05, 3.63) is 58.1 Å². The maximum absolute atomic E-state index is 12.8. The zero-order valence-corrected chi connectivity index (χ0v) is 15.1. The van der Waals surface area contributed by atoms with E-state index >= 15 is 0 Å². The third-order valence-corrected chi connectivity index (χ3v) is 3.79. The fourth-order valence-corrected chi connectivity index (χ4v) is 2.28. The van der Waals surface area contributed by atoms with Gasteiger partial charge < -0.3 is 11.1 Å². The molecule has 3 N–H and O–H groups in total. The summed E-state index contributed by atoms with van der Waals surface area (Å²) in [5.74, 6) is 0.0123. The maximum Gasteiger partial charge on any atom is 0.416 e. The van der Waals surface area contributed by atoms with Crippen LogP contribution in [0.15, 0.2) is 51.9 Å². The van der Waals surface area contributed by atoms with E-state index in [1.807, 2.05) is 31.2 Å². The summed E-state index contributed by atoms with van der Waals surface area (Å²) < 4.78 is 38.7. The molecule has 8 heteroatoms. The number of alkyl halides is 3. The molecule has 0 unspecified atom stereocenters. The first kappa shape index (κ1) is 20.3. The second kappa shape index (κ2) is 8.39. The normalized spacial score (nSPS) is 11.8. The standard InChI is InChI=1S/C16H15BrF3N3.ClH/c1-2-10-4-3-5-12(8-10)22-15(21)23-14-9-11(16(18,19)20)6-7-13(14)17;/h3-9H,2H2,1H3,(H3,21,22,23);1H. The third-order valence-electron chi connectivity index (χ3n) is 3.12. The van der Waals surface area contributed by atoms with Crippen LogP contribution in [-0.4, -0.2) is 5.96 Å². The number of hydrogen-bond acceptors (Lipinski definition) is 1. The maximum atomic E-state index is 12.8. The molecule has 2 aromatic rings. The zero-order valence-electron chi connectivity index (χ0n) is 12.7. The summed E-state index contributed by atoms with van der Waals surface area (Å²) in [6, 6.07) is 10.8. The van der Waals surface area contributed by atoms with Gasteiger partial charge in [-0.3, -0.25) is 0 Å². The Labute approximate surface area is 152 Å². The lowest BCUT2D eigenvalue weighted by molar-refractivity contribution is -0.137. The summed E-state index contributed by atoms with van der Waals surface area (Å²) in [6.07, 6.45) is -3.56. The predicted molar refractivity (Wildman–Crippen MR) is 97.1 cm³/mol. The number of benzene rings is 2. The van der Waals surface area contributed by atoms with Crippen LogP contribution >= 0.6 is 28.3 Å². The van der Waals surface area contributed by atoms with Crippen LogP contribution in [0.5, 0.6) is 0 Å². The first-order valence-electron chi connectivity index (χ1n) is 6.86. The van der Waals surface area contributed by atoms with E-state index in [0.29, 0.717) is 4.47 Å². The zero-order chi connectivity index (χ0) is 17.0. The molecule has 0 atom stereocenters. The van der Waals surface area contributed by atoms with Crippen LogP contribution in [0.2, 0.25) is 0 Å². The molecule has 0 aliphatic heterocycles. The molecule has 0 amide bonds. The molecule has 0 aliphatic rings. The Kier molecular flexibility index (Phi) is 7.10. The Balaban J connectivity index is 0.00000288. The topological polar surface area (TPSA) is 50.4 Å². The van der Waals surface area contributed by atoms with Crippen LogP contribution in [0.4, 0.5) is 24.5 Å². The summed E-state index contributed by atoms with van der Waals surface area (Å²) in [7, 11) is 0. The summed E-state index contributed by atoms with van der Waals surface area (Å²) in [5, 5.41) is 2.88. The van der Waals surface area contributed by atoms with Gasteiger partial charge in [0, 0.05) is 10.2 Å². The van der Waals surface area contributed by atoms with Gasteiger partial charge in [-0.05, 0) is 58.2 Å². The smallest absolute Gasteiger partial charge is 0.369 e.